The summed E-state index contributed by atoms with van der Waals surface area (Å²) < 4.78 is 5.43. The van der Waals surface area contributed by atoms with Gasteiger partial charge in [0, 0.05) is 27.6 Å². The lowest BCUT2D eigenvalue weighted by atomic mass is 9.93. The molecular weight excluding hydrogens is 446 g/mol. The Morgan fingerprint density at radius 3 is 2.60 bits per heavy atom. The molecule has 0 spiro atoms. The maximum Gasteiger partial charge on any atom is 0.330 e. The van der Waals surface area contributed by atoms with Gasteiger partial charge in [-0.3, -0.25) is 15.0 Å². The van der Waals surface area contributed by atoms with E-state index in [9.17, 15) is 14.4 Å². The maximum atomic E-state index is 13.5. The number of aromatic nitrogens is 1. The minimum Gasteiger partial charge on any atom is -0.497 e. The number of carbonyl (C=O) groups excluding carboxylic acids is 3. The second-order valence-corrected chi connectivity index (χ2v) is 8.15. The normalized spacial score (nSPS) is 14.6. The molecule has 4 amide bonds. The molecule has 1 unspecified atom stereocenters. The Hall–Kier alpha value is -4.79. The lowest BCUT2D eigenvalue weighted by Gasteiger charge is -2.26. The summed E-state index contributed by atoms with van der Waals surface area (Å²) in [6.07, 6.45) is 0. The monoisotopic (exact) mass is 469 g/mol. The Morgan fingerprint density at radius 2 is 1.80 bits per heavy atom. The van der Waals surface area contributed by atoms with Gasteiger partial charge < -0.3 is 20.4 Å². The third-order valence-corrected chi connectivity index (χ3v) is 6.08. The van der Waals surface area contributed by atoms with Crippen molar-refractivity contribution in [3.05, 3.63) is 89.5 Å². The van der Waals surface area contributed by atoms with E-state index in [4.69, 9.17) is 10.5 Å². The number of rotatable bonds is 5. The minimum atomic E-state index is -0.900. The summed E-state index contributed by atoms with van der Waals surface area (Å²) in [5, 5.41) is 0.931. The van der Waals surface area contributed by atoms with Gasteiger partial charge in [-0.05, 0) is 29.8 Å². The molecule has 2 heterocycles. The number of hydrogen-bond donors (Lipinski definition) is 4. The van der Waals surface area contributed by atoms with E-state index in [1.807, 2.05) is 60.7 Å². The minimum absolute atomic E-state index is 0.276. The van der Waals surface area contributed by atoms with Crippen molar-refractivity contribution in [1.29, 1.82) is 0 Å². The van der Waals surface area contributed by atoms with Crippen molar-refractivity contribution in [1.82, 2.24) is 20.7 Å². The van der Waals surface area contributed by atoms with Gasteiger partial charge in [0.25, 0.3) is 11.8 Å². The second-order valence-electron chi connectivity index (χ2n) is 8.15. The number of hydrazine groups is 1. The van der Waals surface area contributed by atoms with E-state index in [1.54, 1.807) is 19.2 Å². The van der Waals surface area contributed by atoms with Crippen molar-refractivity contribution < 1.29 is 19.1 Å². The fraction of sp³-hybridized carbons (Fsp3) is 0.115. The highest BCUT2D eigenvalue weighted by Crippen LogP contribution is 2.45. The standard InChI is InChI=1S/C26H23N5O4/c1-35-16-8-6-7-15(13-16)23-22(19-11-4-5-12-20(19)28-23)24-17-9-2-3-10-18(17)25(33)31(24)14-21(32)29-30-26(27)34/h2-13,24,28H,14H2,1H3,(H,29,32)(H3,27,30,34). The van der Waals surface area contributed by atoms with Gasteiger partial charge in [-0.1, -0.05) is 48.5 Å². The molecule has 0 saturated heterocycles. The second kappa shape index (κ2) is 8.86. The number of primary amides is 1. The number of H-pyrrole nitrogens is 1. The number of benzene rings is 3. The van der Waals surface area contributed by atoms with Crippen LogP contribution in [0, 0.1) is 0 Å². The highest BCUT2D eigenvalue weighted by molar-refractivity contribution is 6.03. The Labute approximate surface area is 200 Å². The highest BCUT2D eigenvalue weighted by Gasteiger charge is 2.41. The molecule has 5 rings (SSSR count). The first-order chi connectivity index (χ1) is 17.0. The number of aromatic amines is 1. The van der Waals surface area contributed by atoms with Gasteiger partial charge in [0.05, 0.1) is 18.8 Å². The van der Waals surface area contributed by atoms with Crippen molar-refractivity contribution in [3.8, 4) is 17.0 Å². The van der Waals surface area contributed by atoms with Gasteiger partial charge in [-0.2, -0.15) is 0 Å². The molecule has 9 heteroatoms. The molecule has 4 aromatic rings. The highest BCUT2D eigenvalue weighted by atomic mass is 16.5. The molecule has 0 bridgehead atoms. The van der Waals surface area contributed by atoms with Crippen molar-refractivity contribution in [2.24, 2.45) is 5.73 Å². The van der Waals surface area contributed by atoms with Gasteiger partial charge in [0.15, 0.2) is 0 Å². The van der Waals surface area contributed by atoms with Gasteiger partial charge in [0.1, 0.15) is 12.3 Å². The molecule has 0 radical (unpaired) electrons. The number of nitrogens with zero attached hydrogens (tertiary/aromatic N) is 1. The van der Waals surface area contributed by atoms with E-state index in [0.29, 0.717) is 11.3 Å². The number of fused-ring (bicyclic) bond motifs is 2. The van der Waals surface area contributed by atoms with Crippen LogP contribution in [0.2, 0.25) is 0 Å². The molecule has 0 saturated carbocycles. The zero-order valence-corrected chi connectivity index (χ0v) is 18.9. The first-order valence-corrected chi connectivity index (χ1v) is 11.0. The van der Waals surface area contributed by atoms with Crippen LogP contribution in [0.25, 0.3) is 22.2 Å². The molecule has 176 valence electrons. The first-order valence-electron chi connectivity index (χ1n) is 11.0. The molecule has 1 aromatic heterocycles. The van der Waals surface area contributed by atoms with E-state index >= 15 is 0 Å². The third-order valence-electron chi connectivity index (χ3n) is 6.08. The Morgan fingerprint density at radius 1 is 1.03 bits per heavy atom. The zero-order valence-electron chi connectivity index (χ0n) is 18.9. The van der Waals surface area contributed by atoms with E-state index in [2.05, 4.69) is 15.8 Å². The van der Waals surface area contributed by atoms with Crippen LogP contribution in [0.5, 0.6) is 5.75 Å². The lowest BCUT2D eigenvalue weighted by molar-refractivity contribution is -0.122. The molecule has 35 heavy (non-hydrogen) atoms. The number of nitrogens with two attached hydrogens (primary N) is 1. The number of methoxy groups -OCH3 is 1. The quantitative estimate of drug-likeness (QED) is 0.335. The first kappa shape index (κ1) is 22.0. The van der Waals surface area contributed by atoms with Crippen LogP contribution in [0.15, 0.2) is 72.8 Å². The average molecular weight is 470 g/mol. The van der Waals surface area contributed by atoms with Gasteiger partial charge in [0.2, 0.25) is 0 Å². The molecule has 1 aliphatic rings. The van der Waals surface area contributed by atoms with Crippen LogP contribution in [0.1, 0.15) is 27.5 Å². The number of hydrogen-bond acceptors (Lipinski definition) is 4. The van der Waals surface area contributed by atoms with E-state index < -0.39 is 18.0 Å². The molecular formula is C26H23N5O4. The van der Waals surface area contributed by atoms with Crippen LogP contribution < -0.4 is 21.3 Å². The Balaban J connectivity index is 1.69. The fourth-order valence-electron chi connectivity index (χ4n) is 4.62. The van der Waals surface area contributed by atoms with Crippen LogP contribution >= 0.6 is 0 Å². The molecule has 3 aromatic carbocycles. The third kappa shape index (κ3) is 3.93. The summed E-state index contributed by atoms with van der Waals surface area (Å²) in [4.78, 5) is 42.1. The topological polar surface area (TPSA) is 130 Å². The van der Waals surface area contributed by atoms with Crippen molar-refractivity contribution in [2.75, 3.05) is 13.7 Å². The molecule has 9 nitrogen and oxygen atoms in total. The van der Waals surface area contributed by atoms with Crippen LogP contribution in [-0.4, -0.2) is 41.4 Å². The average Bonchev–Trinajstić information content (AvgIpc) is 3.38. The summed E-state index contributed by atoms with van der Waals surface area (Å²) >= 11 is 0. The van der Waals surface area contributed by atoms with Crippen molar-refractivity contribution in [3.63, 3.8) is 0 Å². The number of amides is 4. The van der Waals surface area contributed by atoms with Crippen LogP contribution in [-0.2, 0) is 4.79 Å². The fourth-order valence-corrected chi connectivity index (χ4v) is 4.62. The van der Waals surface area contributed by atoms with Gasteiger partial charge in [-0.25, -0.2) is 10.2 Å². The smallest absolute Gasteiger partial charge is 0.330 e. The van der Waals surface area contributed by atoms with Gasteiger partial charge in [-0.15, -0.1) is 0 Å². The van der Waals surface area contributed by atoms with Crippen LogP contribution in [0.3, 0.4) is 0 Å². The molecule has 0 aliphatic carbocycles. The lowest BCUT2D eigenvalue weighted by Crippen LogP contribution is -2.49. The molecule has 0 fully saturated rings. The number of carbonyl (C=O) groups is 3. The SMILES string of the molecule is COc1cccc(-c2[nH]c3ccccc3c2C2c3ccccc3C(=O)N2CC(=O)NNC(N)=O)c1. The van der Waals surface area contributed by atoms with E-state index in [1.165, 1.54) is 4.90 Å². The summed E-state index contributed by atoms with van der Waals surface area (Å²) in [6.45, 7) is -0.282. The molecule has 1 atom stereocenters. The maximum absolute atomic E-state index is 13.5. The van der Waals surface area contributed by atoms with Crippen LogP contribution in [0.4, 0.5) is 4.79 Å². The van der Waals surface area contributed by atoms with E-state index in [0.717, 1.165) is 33.3 Å². The van der Waals surface area contributed by atoms with Gasteiger partial charge >= 0.3 is 6.03 Å². The predicted molar refractivity (Wildman–Crippen MR) is 130 cm³/mol. The van der Waals surface area contributed by atoms with E-state index in [-0.39, 0.29) is 12.5 Å². The number of nitrogens with one attached hydrogen (secondary N) is 3. The predicted octanol–water partition coefficient (Wildman–Crippen LogP) is 3.09. The summed E-state index contributed by atoms with van der Waals surface area (Å²) in [7, 11) is 1.61. The summed E-state index contributed by atoms with van der Waals surface area (Å²) in [5.74, 6) is -0.150. The van der Waals surface area contributed by atoms with Crippen molar-refractivity contribution >= 4 is 28.7 Å². The largest absolute Gasteiger partial charge is 0.497 e. The van der Waals surface area contributed by atoms with Crippen molar-refractivity contribution in [2.45, 2.75) is 6.04 Å². The molecule has 1 aliphatic heterocycles. The molecule has 5 N–H and O–H groups in total. The number of urea groups is 1. The summed E-state index contributed by atoms with van der Waals surface area (Å²) in [6, 6.07) is 21.4. The Kier molecular flexibility index (Phi) is 5.58. The number of para-hydroxylation sites is 1. The number of ether oxygens (including phenoxy) is 1. The summed E-state index contributed by atoms with van der Waals surface area (Å²) in [5.41, 5.74) is 14.1. The Bertz CT molecular complexity index is 1460. The zero-order chi connectivity index (χ0) is 24.5.